The molecule has 1 aliphatic rings. The van der Waals surface area contributed by atoms with Crippen molar-refractivity contribution >= 4 is 17.7 Å². The van der Waals surface area contributed by atoms with Crippen molar-refractivity contribution in [3.63, 3.8) is 0 Å². The fourth-order valence-electron chi connectivity index (χ4n) is 1.68. The van der Waals surface area contributed by atoms with Crippen LogP contribution in [0.3, 0.4) is 0 Å². The molecule has 1 heterocycles. The smallest absolute Gasteiger partial charge is 0.222 e. The molecule has 0 radical (unpaired) electrons. The maximum absolute atomic E-state index is 11.8. The lowest BCUT2D eigenvalue weighted by Crippen LogP contribution is -2.47. The third-order valence-corrected chi connectivity index (χ3v) is 4.14. The number of nitrogens with two attached hydrogens (primary N) is 1. The fourth-order valence-corrected chi connectivity index (χ4v) is 2.78. The van der Waals surface area contributed by atoms with Gasteiger partial charge in [-0.25, -0.2) is 0 Å². The van der Waals surface area contributed by atoms with Crippen molar-refractivity contribution in [2.45, 2.75) is 38.0 Å². The van der Waals surface area contributed by atoms with Crippen molar-refractivity contribution < 1.29 is 4.79 Å². The van der Waals surface area contributed by atoms with E-state index in [1.165, 1.54) is 0 Å². The van der Waals surface area contributed by atoms with E-state index < -0.39 is 0 Å². The minimum absolute atomic E-state index is 0.273. The van der Waals surface area contributed by atoms with E-state index in [1.54, 1.807) is 0 Å². The lowest BCUT2D eigenvalue weighted by atomic mass is 10.1. The fraction of sp³-hybridized carbons (Fsp3) is 0.900. The summed E-state index contributed by atoms with van der Waals surface area (Å²) in [6, 6.07) is 0.374. The number of hydrogen-bond acceptors (Lipinski definition) is 3. The summed E-state index contributed by atoms with van der Waals surface area (Å²) in [4.78, 5) is 13.8. The van der Waals surface area contributed by atoms with Crippen LogP contribution in [-0.2, 0) is 4.79 Å². The predicted molar refractivity (Wildman–Crippen MR) is 61.4 cm³/mol. The van der Waals surface area contributed by atoms with Crippen LogP contribution in [0.2, 0.25) is 0 Å². The number of rotatable bonds is 3. The molecule has 0 bridgehead atoms. The second-order valence-electron chi connectivity index (χ2n) is 3.80. The molecular weight excluding hydrogens is 196 g/mol. The molecule has 3 nitrogen and oxygen atoms in total. The number of nitrogens with zero attached hydrogens (tertiary/aromatic N) is 1. The van der Waals surface area contributed by atoms with Crippen molar-refractivity contribution in [3.05, 3.63) is 0 Å². The van der Waals surface area contributed by atoms with Gasteiger partial charge in [0, 0.05) is 30.0 Å². The predicted octanol–water partition coefficient (Wildman–Crippen LogP) is 1.08. The summed E-state index contributed by atoms with van der Waals surface area (Å²) in [5.41, 5.74) is 5.39. The zero-order chi connectivity index (χ0) is 10.6. The number of amides is 1. The van der Waals surface area contributed by atoms with Crippen LogP contribution in [0.15, 0.2) is 0 Å². The highest BCUT2D eigenvalue weighted by Gasteiger charge is 2.27. The molecule has 0 aliphatic carbocycles. The van der Waals surface area contributed by atoms with Gasteiger partial charge in [-0.15, -0.1) is 0 Å². The van der Waals surface area contributed by atoms with Gasteiger partial charge in [-0.05, 0) is 19.9 Å². The topological polar surface area (TPSA) is 46.3 Å². The Hall–Kier alpha value is -0.220. The van der Waals surface area contributed by atoms with Crippen LogP contribution in [0.5, 0.6) is 0 Å². The Labute approximate surface area is 90.4 Å². The van der Waals surface area contributed by atoms with E-state index in [0.29, 0.717) is 24.3 Å². The van der Waals surface area contributed by atoms with Crippen LogP contribution in [0.25, 0.3) is 0 Å². The van der Waals surface area contributed by atoms with Crippen molar-refractivity contribution in [3.8, 4) is 0 Å². The molecule has 1 rings (SSSR count). The molecule has 2 atom stereocenters. The summed E-state index contributed by atoms with van der Waals surface area (Å²) >= 11 is 1.95. The summed E-state index contributed by atoms with van der Waals surface area (Å²) in [6.07, 6.45) is 1.42. The van der Waals surface area contributed by atoms with Gasteiger partial charge >= 0.3 is 0 Å². The Bertz CT molecular complexity index is 199. The van der Waals surface area contributed by atoms with Crippen LogP contribution >= 0.6 is 11.8 Å². The molecular formula is C10H20N2OS. The number of thioether (sulfide) groups is 1. The van der Waals surface area contributed by atoms with E-state index in [0.717, 1.165) is 18.7 Å². The molecule has 0 aromatic carbocycles. The summed E-state index contributed by atoms with van der Waals surface area (Å²) in [5, 5.41) is 0.561. The number of hydrogen-bond donors (Lipinski definition) is 1. The van der Waals surface area contributed by atoms with Crippen LogP contribution in [0, 0.1) is 0 Å². The second-order valence-corrected chi connectivity index (χ2v) is 5.28. The normalized spacial score (nSPS) is 27.8. The summed E-state index contributed by atoms with van der Waals surface area (Å²) in [6.45, 7) is 5.84. The molecule has 14 heavy (non-hydrogen) atoms. The Morgan fingerprint density at radius 3 is 2.93 bits per heavy atom. The van der Waals surface area contributed by atoms with E-state index in [-0.39, 0.29) is 5.91 Å². The lowest BCUT2D eigenvalue weighted by Gasteiger charge is -2.37. The zero-order valence-corrected chi connectivity index (χ0v) is 9.85. The molecule has 1 aliphatic heterocycles. The van der Waals surface area contributed by atoms with Gasteiger partial charge in [0.25, 0.3) is 0 Å². The highest BCUT2D eigenvalue weighted by molar-refractivity contribution is 8.00. The largest absolute Gasteiger partial charge is 0.338 e. The summed E-state index contributed by atoms with van der Waals surface area (Å²) < 4.78 is 0. The minimum Gasteiger partial charge on any atom is -0.338 e. The lowest BCUT2D eigenvalue weighted by molar-refractivity contribution is -0.133. The molecule has 4 heteroatoms. The van der Waals surface area contributed by atoms with Gasteiger partial charge in [-0.3, -0.25) is 4.79 Å². The third-order valence-electron chi connectivity index (χ3n) is 2.80. The average molecular weight is 216 g/mol. The third kappa shape index (κ3) is 2.89. The molecule has 82 valence electrons. The van der Waals surface area contributed by atoms with Crippen LogP contribution in [0.4, 0.5) is 0 Å². The molecule has 0 spiro atoms. The summed E-state index contributed by atoms with van der Waals surface area (Å²) in [7, 11) is 0. The first-order chi connectivity index (χ1) is 6.66. The molecule has 0 unspecified atom stereocenters. The Balaban J connectivity index is 2.44. The van der Waals surface area contributed by atoms with E-state index >= 15 is 0 Å². The van der Waals surface area contributed by atoms with E-state index in [9.17, 15) is 4.79 Å². The van der Waals surface area contributed by atoms with Gasteiger partial charge in [-0.1, -0.05) is 6.92 Å². The van der Waals surface area contributed by atoms with Gasteiger partial charge in [0.05, 0.1) is 0 Å². The number of carbonyl (C=O) groups is 1. The van der Waals surface area contributed by atoms with Gasteiger partial charge in [-0.2, -0.15) is 11.8 Å². The van der Waals surface area contributed by atoms with Crippen LogP contribution < -0.4 is 5.73 Å². The van der Waals surface area contributed by atoms with Gasteiger partial charge in [0.15, 0.2) is 0 Å². The second kappa shape index (κ2) is 5.61. The number of carbonyl (C=O) groups excluding carboxylic acids is 1. The SMILES string of the molecule is C[C@H]1SCCN(C(=O)CCCN)[C@H]1C. The molecule has 0 saturated carbocycles. The van der Waals surface area contributed by atoms with Crippen molar-refractivity contribution in [2.24, 2.45) is 5.73 Å². The zero-order valence-electron chi connectivity index (χ0n) is 9.03. The molecule has 0 aromatic rings. The van der Waals surface area contributed by atoms with Crippen LogP contribution in [-0.4, -0.2) is 40.9 Å². The van der Waals surface area contributed by atoms with Gasteiger partial charge in [0.1, 0.15) is 0 Å². The van der Waals surface area contributed by atoms with E-state index in [2.05, 4.69) is 13.8 Å². The Morgan fingerprint density at radius 2 is 2.29 bits per heavy atom. The quantitative estimate of drug-likeness (QED) is 0.768. The Kier molecular flexibility index (Phi) is 4.75. The standard InChI is InChI=1S/C10H20N2OS/c1-8-9(2)14-7-6-12(8)10(13)4-3-5-11/h8-9H,3-7,11H2,1-2H3/t8-,9+/m0/s1. The van der Waals surface area contributed by atoms with E-state index in [4.69, 9.17) is 5.73 Å². The highest BCUT2D eigenvalue weighted by atomic mass is 32.2. The summed E-state index contributed by atoms with van der Waals surface area (Å²) in [5.74, 6) is 1.34. The minimum atomic E-state index is 0.273. The first-order valence-electron chi connectivity index (χ1n) is 5.28. The van der Waals surface area contributed by atoms with Crippen molar-refractivity contribution in [1.82, 2.24) is 4.90 Å². The highest BCUT2D eigenvalue weighted by Crippen LogP contribution is 2.24. The maximum Gasteiger partial charge on any atom is 0.222 e. The van der Waals surface area contributed by atoms with Gasteiger partial charge < -0.3 is 10.6 Å². The molecule has 0 aromatic heterocycles. The molecule has 1 amide bonds. The Morgan fingerprint density at radius 1 is 1.57 bits per heavy atom. The molecule has 1 fully saturated rings. The van der Waals surface area contributed by atoms with E-state index in [1.807, 2.05) is 16.7 Å². The average Bonchev–Trinajstić information content (AvgIpc) is 2.18. The molecule has 1 saturated heterocycles. The first kappa shape index (κ1) is 11.9. The van der Waals surface area contributed by atoms with Crippen molar-refractivity contribution in [2.75, 3.05) is 18.8 Å². The monoisotopic (exact) mass is 216 g/mol. The molecule has 2 N–H and O–H groups in total. The maximum atomic E-state index is 11.8. The van der Waals surface area contributed by atoms with Crippen LogP contribution in [0.1, 0.15) is 26.7 Å². The van der Waals surface area contributed by atoms with Crippen molar-refractivity contribution in [1.29, 1.82) is 0 Å². The first-order valence-corrected chi connectivity index (χ1v) is 6.33. The van der Waals surface area contributed by atoms with Gasteiger partial charge in [0.2, 0.25) is 5.91 Å².